The molecule has 1 saturated heterocycles. The Bertz CT molecular complexity index is 771. The molecule has 0 radical (unpaired) electrons. The number of aliphatic hydroxyl groups excluding tert-OH is 1. The van der Waals surface area contributed by atoms with Gasteiger partial charge in [0.2, 0.25) is 5.91 Å². The van der Waals surface area contributed by atoms with E-state index in [1.54, 1.807) is 23.7 Å². The molecule has 2 heterocycles. The van der Waals surface area contributed by atoms with Crippen LogP contribution in [0, 0.1) is 0 Å². The minimum absolute atomic E-state index is 0.150. The average Bonchev–Trinajstić information content (AvgIpc) is 2.87. The van der Waals surface area contributed by atoms with Crippen LogP contribution < -0.4 is 5.32 Å². The van der Waals surface area contributed by atoms with Gasteiger partial charge in [0.1, 0.15) is 11.7 Å². The van der Waals surface area contributed by atoms with Crippen molar-refractivity contribution in [2.45, 2.75) is 12.5 Å². The summed E-state index contributed by atoms with van der Waals surface area (Å²) < 4.78 is 1.75. The number of benzene rings is 1. The number of nitrogens with zero attached hydrogens (tertiary/aromatic N) is 2. The molecule has 1 aliphatic rings. The summed E-state index contributed by atoms with van der Waals surface area (Å²) in [6.07, 6.45) is 0.224. The molecule has 0 bridgehead atoms. The number of hydrogen-bond acceptors (Lipinski definition) is 3. The first-order valence-corrected chi connectivity index (χ1v) is 7.86. The summed E-state index contributed by atoms with van der Waals surface area (Å²) in [4.78, 5) is 26.5. The van der Waals surface area contributed by atoms with Crippen LogP contribution in [-0.4, -0.2) is 52.1 Å². The Morgan fingerprint density at radius 1 is 1.48 bits per heavy atom. The molecule has 1 aromatic heterocycles. The molecule has 23 heavy (non-hydrogen) atoms. The summed E-state index contributed by atoms with van der Waals surface area (Å²) in [6, 6.07) is 6.65. The minimum atomic E-state index is -0.644. The van der Waals surface area contributed by atoms with Gasteiger partial charge in [-0.2, -0.15) is 0 Å². The number of aromatic nitrogens is 1. The summed E-state index contributed by atoms with van der Waals surface area (Å²) in [7, 11) is 1.78. The molecule has 7 heteroatoms. The van der Waals surface area contributed by atoms with Gasteiger partial charge in [0, 0.05) is 32.1 Å². The number of halogens is 1. The fraction of sp³-hybridized carbons (Fsp3) is 0.375. The molecular formula is C16H18ClN3O3. The van der Waals surface area contributed by atoms with Crippen LogP contribution in [0.1, 0.15) is 16.9 Å². The summed E-state index contributed by atoms with van der Waals surface area (Å²) >= 11 is 6.22. The highest BCUT2D eigenvalue weighted by molar-refractivity contribution is 6.35. The molecular weight excluding hydrogens is 318 g/mol. The number of rotatable bonds is 3. The fourth-order valence-corrected chi connectivity index (χ4v) is 3.39. The van der Waals surface area contributed by atoms with Crippen LogP contribution in [0.3, 0.4) is 0 Å². The van der Waals surface area contributed by atoms with E-state index in [2.05, 4.69) is 5.32 Å². The number of carbonyl (C=O) groups excluding carboxylic acids is 2. The molecule has 2 amide bonds. The molecule has 122 valence electrons. The highest BCUT2D eigenvalue weighted by Gasteiger charge is 2.34. The number of fused-ring (bicyclic) bond motifs is 1. The molecule has 6 nitrogen and oxygen atoms in total. The van der Waals surface area contributed by atoms with Crippen LogP contribution >= 0.6 is 11.6 Å². The van der Waals surface area contributed by atoms with Gasteiger partial charge < -0.3 is 19.9 Å². The maximum atomic E-state index is 12.9. The van der Waals surface area contributed by atoms with Crippen molar-refractivity contribution in [1.29, 1.82) is 0 Å². The van der Waals surface area contributed by atoms with Crippen molar-refractivity contribution in [3.05, 3.63) is 35.0 Å². The van der Waals surface area contributed by atoms with E-state index in [0.717, 1.165) is 10.9 Å². The third-order valence-electron chi connectivity index (χ3n) is 4.22. The number of nitrogens with one attached hydrogen (secondary N) is 1. The minimum Gasteiger partial charge on any atom is -0.396 e. The van der Waals surface area contributed by atoms with Crippen molar-refractivity contribution in [2.24, 2.45) is 7.05 Å². The number of aryl methyl sites for hydroxylation is 1. The van der Waals surface area contributed by atoms with E-state index in [1.165, 1.54) is 4.90 Å². The molecule has 0 saturated carbocycles. The lowest BCUT2D eigenvalue weighted by atomic mass is 10.1. The van der Waals surface area contributed by atoms with E-state index in [1.807, 2.05) is 12.1 Å². The molecule has 1 atom stereocenters. The van der Waals surface area contributed by atoms with Crippen molar-refractivity contribution in [3.8, 4) is 0 Å². The topological polar surface area (TPSA) is 74.6 Å². The van der Waals surface area contributed by atoms with Gasteiger partial charge in [-0.15, -0.1) is 0 Å². The van der Waals surface area contributed by atoms with E-state index in [4.69, 9.17) is 11.6 Å². The second-order valence-corrected chi connectivity index (χ2v) is 5.99. The third-order valence-corrected chi connectivity index (χ3v) is 4.53. The lowest BCUT2D eigenvalue weighted by molar-refractivity contribution is -0.128. The molecule has 1 aromatic carbocycles. The van der Waals surface area contributed by atoms with Crippen molar-refractivity contribution in [3.63, 3.8) is 0 Å². The van der Waals surface area contributed by atoms with Gasteiger partial charge in [0.05, 0.1) is 10.5 Å². The van der Waals surface area contributed by atoms with Gasteiger partial charge in [-0.05, 0) is 18.6 Å². The van der Waals surface area contributed by atoms with Crippen LogP contribution in [0.5, 0.6) is 0 Å². The van der Waals surface area contributed by atoms with Crippen LogP contribution in [0.25, 0.3) is 10.9 Å². The largest absolute Gasteiger partial charge is 0.396 e. The molecule has 1 aliphatic heterocycles. The highest BCUT2D eigenvalue weighted by Crippen LogP contribution is 2.27. The standard InChI is InChI=1S/C16H18ClN3O3/c1-19-13(9-10-3-2-4-11(17)14(10)19)16(23)20-7-6-18-15(22)12(20)5-8-21/h2-4,9,12,21H,5-8H2,1H3,(H,18,22)/t12-/m1/s1. The maximum Gasteiger partial charge on any atom is 0.271 e. The van der Waals surface area contributed by atoms with Gasteiger partial charge in [-0.3, -0.25) is 9.59 Å². The summed E-state index contributed by atoms with van der Waals surface area (Å²) in [5.41, 5.74) is 1.27. The lowest BCUT2D eigenvalue weighted by Crippen LogP contribution is -2.57. The maximum absolute atomic E-state index is 12.9. The van der Waals surface area contributed by atoms with Gasteiger partial charge in [0.25, 0.3) is 5.91 Å². The van der Waals surface area contributed by atoms with E-state index < -0.39 is 6.04 Å². The zero-order valence-corrected chi connectivity index (χ0v) is 13.5. The molecule has 1 fully saturated rings. The number of amides is 2. The van der Waals surface area contributed by atoms with E-state index in [-0.39, 0.29) is 24.8 Å². The Labute approximate surface area is 138 Å². The van der Waals surface area contributed by atoms with Crippen LogP contribution in [0.2, 0.25) is 5.02 Å². The smallest absolute Gasteiger partial charge is 0.271 e. The number of aliphatic hydroxyl groups is 1. The van der Waals surface area contributed by atoms with Gasteiger partial charge >= 0.3 is 0 Å². The molecule has 0 aliphatic carbocycles. The normalized spacial score (nSPS) is 18.3. The predicted molar refractivity (Wildman–Crippen MR) is 87.5 cm³/mol. The Hall–Kier alpha value is -2.05. The number of piperazine rings is 1. The summed E-state index contributed by atoms with van der Waals surface area (Å²) in [5, 5.41) is 13.4. The number of hydrogen-bond donors (Lipinski definition) is 2. The van der Waals surface area contributed by atoms with Crippen LogP contribution in [0.15, 0.2) is 24.3 Å². The number of para-hydroxylation sites is 1. The Kier molecular flexibility index (Phi) is 4.28. The second-order valence-electron chi connectivity index (χ2n) is 5.58. The van der Waals surface area contributed by atoms with Crippen LogP contribution in [0.4, 0.5) is 0 Å². The van der Waals surface area contributed by atoms with Gasteiger partial charge in [0.15, 0.2) is 0 Å². The zero-order valence-electron chi connectivity index (χ0n) is 12.8. The summed E-state index contributed by atoms with van der Waals surface area (Å²) in [5.74, 6) is -0.455. The van der Waals surface area contributed by atoms with Crippen molar-refractivity contribution < 1.29 is 14.7 Å². The first-order valence-electron chi connectivity index (χ1n) is 7.48. The van der Waals surface area contributed by atoms with E-state index in [9.17, 15) is 14.7 Å². The second kappa shape index (κ2) is 6.22. The SMILES string of the molecule is Cn1c(C(=O)N2CCNC(=O)[C@H]2CCO)cc2cccc(Cl)c21. The van der Waals surface area contributed by atoms with E-state index >= 15 is 0 Å². The van der Waals surface area contributed by atoms with Crippen molar-refractivity contribution in [2.75, 3.05) is 19.7 Å². The third kappa shape index (κ3) is 2.68. The zero-order chi connectivity index (χ0) is 16.6. The predicted octanol–water partition coefficient (Wildman–Crippen LogP) is 1.15. The number of carbonyl (C=O) groups is 2. The van der Waals surface area contributed by atoms with Gasteiger partial charge in [-0.25, -0.2) is 0 Å². The summed E-state index contributed by atoms with van der Waals surface area (Å²) in [6.45, 7) is 0.685. The quantitative estimate of drug-likeness (QED) is 0.883. The Morgan fingerprint density at radius 2 is 2.26 bits per heavy atom. The molecule has 0 unspecified atom stereocenters. The average molecular weight is 336 g/mol. The van der Waals surface area contributed by atoms with Crippen LogP contribution in [-0.2, 0) is 11.8 Å². The van der Waals surface area contributed by atoms with Crippen molar-refractivity contribution in [1.82, 2.24) is 14.8 Å². The molecule has 2 N–H and O–H groups in total. The van der Waals surface area contributed by atoms with Gasteiger partial charge in [-0.1, -0.05) is 23.7 Å². The highest BCUT2D eigenvalue weighted by atomic mass is 35.5. The van der Waals surface area contributed by atoms with E-state index in [0.29, 0.717) is 23.8 Å². The fourth-order valence-electron chi connectivity index (χ4n) is 3.09. The monoisotopic (exact) mass is 335 g/mol. The first kappa shape index (κ1) is 15.8. The lowest BCUT2D eigenvalue weighted by Gasteiger charge is -2.34. The van der Waals surface area contributed by atoms with Crippen molar-refractivity contribution >= 4 is 34.3 Å². The molecule has 3 rings (SSSR count). The Morgan fingerprint density at radius 3 is 2.96 bits per heavy atom. The molecule has 2 aromatic rings. The Balaban J connectivity index is 2.00. The molecule has 0 spiro atoms. The first-order chi connectivity index (χ1) is 11.0.